The van der Waals surface area contributed by atoms with Gasteiger partial charge in [0.1, 0.15) is 5.82 Å². The van der Waals surface area contributed by atoms with E-state index in [2.05, 4.69) is 10.3 Å². The molecule has 1 fully saturated rings. The number of carbonyl (C=O) groups is 2. The number of hydrogen-bond donors (Lipinski definition) is 3. The lowest BCUT2D eigenvalue weighted by Gasteiger charge is -2.27. The average molecular weight is 263 g/mol. The van der Waals surface area contributed by atoms with Crippen LogP contribution in [0.4, 0.5) is 5.82 Å². The smallest absolute Gasteiger partial charge is 0.306 e. The maximum Gasteiger partial charge on any atom is 0.306 e. The van der Waals surface area contributed by atoms with Crippen molar-refractivity contribution in [1.29, 1.82) is 0 Å². The first-order valence-corrected chi connectivity index (χ1v) is 6.31. The minimum Gasteiger partial charge on any atom is -0.481 e. The summed E-state index contributed by atoms with van der Waals surface area (Å²) in [4.78, 5) is 26.0. The van der Waals surface area contributed by atoms with Crippen LogP contribution in [0, 0.1) is 5.92 Å². The maximum absolute atomic E-state index is 11.0. The number of pyridine rings is 1. The van der Waals surface area contributed by atoms with Gasteiger partial charge >= 0.3 is 5.97 Å². The van der Waals surface area contributed by atoms with E-state index in [-0.39, 0.29) is 12.0 Å². The number of primary amides is 1. The topological polar surface area (TPSA) is 105 Å². The molecule has 2 unspecified atom stereocenters. The Bertz CT molecular complexity index is 473. The van der Waals surface area contributed by atoms with E-state index in [1.165, 1.54) is 6.20 Å². The van der Waals surface area contributed by atoms with Crippen LogP contribution < -0.4 is 11.1 Å². The number of carboxylic acids is 1. The predicted molar refractivity (Wildman–Crippen MR) is 69.8 cm³/mol. The Morgan fingerprint density at radius 2 is 2.16 bits per heavy atom. The fourth-order valence-electron chi connectivity index (χ4n) is 2.38. The van der Waals surface area contributed by atoms with E-state index in [1.54, 1.807) is 12.1 Å². The van der Waals surface area contributed by atoms with Gasteiger partial charge in [-0.25, -0.2) is 4.98 Å². The van der Waals surface area contributed by atoms with Crippen molar-refractivity contribution in [1.82, 2.24) is 4.98 Å². The van der Waals surface area contributed by atoms with Crippen LogP contribution in [-0.4, -0.2) is 28.0 Å². The molecule has 1 aliphatic carbocycles. The SMILES string of the molecule is NC(=O)c1ccc(NC2CCCC(C(=O)O)C2)nc1. The number of nitrogens with two attached hydrogens (primary N) is 1. The van der Waals surface area contributed by atoms with Gasteiger partial charge in [0.2, 0.25) is 5.91 Å². The lowest BCUT2D eigenvalue weighted by Crippen LogP contribution is -2.31. The number of carbonyl (C=O) groups excluding carboxylic acids is 1. The summed E-state index contributed by atoms with van der Waals surface area (Å²) < 4.78 is 0. The van der Waals surface area contributed by atoms with Crippen LogP contribution in [0.2, 0.25) is 0 Å². The highest BCUT2D eigenvalue weighted by Gasteiger charge is 2.26. The molecule has 2 atom stereocenters. The Balaban J connectivity index is 1.96. The molecule has 6 heteroatoms. The first kappa shape index (κ1) is 13.3. The van der Waals surface area contributed by atoms with Gasteiger partial charge in [-0.05, 0) is 31.4 Å². The number of aliphatic carboxylic acids is 1. The van der Waals surface area contributed by atoms with Crippen LogP contribution in [0.25, 0.3) is 0 Å². The zero-order valence-corrected chi connectivity index (χ0v) is 10.5. The zero-order chi connectivity index (χ0) is 13.8. The summed E-state index contributed by atoms with van der Waals surface area (Å²) in [5.41, 5.74) is 5.49. The molecule has 0 bridgehead atoms. The van der Waals surface area contributed by atoms with Gasteiger partial charge in [-0.3, -0.25) is 9.59 Å². The van der Waals surface area contributed by atoms with Crippen molar-refractivity contribution in [2.75, 3.05) is 5.32 Å². The number of amides is 1. The molecular formula is C13H17N3O3. The van der Waals surface area contributed by atoms with E-state index in [0.717, 1.165) is 19.3 Å². The van der Waals surface area contributed by atoms with E-state index < -0.39 is 11.9 Å². The van der Waals surface area contributed by atoms with Crippen LogP contribution in [0.5, 0.6) is 0 Å². The number of nitrogens with one attached hydrogen (secondary N) is 1. The molecule has 1 amide bonds. The van der Waals surface area contributed by atoms with E-state index in [4.69, 9.17) is 10.8 Å². The highest BCUT2D eigenvalue weighted by atomic mass is 16.4. The van der Waals surface area contributed by atoms with Gasteiger partial charge in [0, 0.05) is 12.2 Å². The number of carboxylic acid groups (broad SMARTS) is 1. The number of anilines is 1. The van der Waals surface area contributed by atoms with Crippen LogP contribution in [0.15, 0.2) is 18.3 Å². The van der Waals surface area contributed by atoms with Crippen molar-refractivity contribution in [3.63, 3.8) is 0 Å². The van der Waals surface area contributed by atoms with Crippen molar-refractivity contribution in [3.05, 3.63) is 23.9 Å². The van der Waals surface area contributed by atoms with Crippen molar-refractivity contribution < 1.29 is 14.7 Å². The summed E-state index contributed by atoms with van der Waals surface area (Å²) in [7, 11) is 0. The molecule has 6 nitrogen and oxygen atoms in total. The second-order valence-electron chi connectivity index (χ2n) is 4.84. The minimum absolute atomic E-state index is 0.113. The molecule has 1 aromatic rings. The van der Waals surface area contributed by atoms with Crippen LogP contribution >= 0.6 is 0 Å². The Morgan fingerprint density at radius 1 is 1.37 bits per heavy atom. The normalized spacial score (nSPS) is 22.7. The molecule has 4 N–H and O–H groups in total. The molecule has 1 heterocycles. The molecule has 0 radical (unpaired) electrons. The lowest BCUT2D eigenvalue weighted by molar-refractivity contribution is -0.142. The minimum atomic E-state index is -0.733. The molecular weight excluding hydrogens is 246 g/mol. The van der Waals surface area contributed by atoms with Crippen LogP contribution in [-0.2, 0) is 4.79 Å². The summed E-state index contributed by atoms with van der Waals surface area (Å²) in [5.74, 6) is -0.886. The van der Waals surface area contributed by atoms with Crippen molar-refractivity contribution in [2.24, 2.45) is 11.7 Å². The molecule has 1 saturated carbocycles. The highest BCUT2D eigenvalue weighted by molar-refractivity contribution is 5.92. The average Bonchev–Trinajstić information content (AvgIpc) is 2.39. The summed E-state index contributed by atoms with van der Waals surface area (Å²) in [6, 6.07) is 3.40. The summed E-state index contributed by atoms with van der Waals surface area (Å²) >= 11 is 0. The van der Waals surface area contributed by atoms with Gasteiger partial charge in [0.05, 0.1) is 11.5 Å². The van der Waals surface area contributed by atoms with E-state index in [0.29, 0.717) is 17.8 Å². The molecule has 0 spiro atoms. The number of aromatic nitrogens is 1. The van der Waals surface area contributed by atoms with Crippen molar-refractivity contribution >= 4 is 17.7 Å². The zero-order valence-electron chi connectivity index (χ0n) is 10.5. The van der Waals surface area contributed by atoms with Gasteiger partial charge in [-0.1, -0.05) is 6.42 Å². The van der Waals surface area contributed by atoms with E-state index in [1.807, 2.05) is 0 Å². The largest absolute Gasteiger partial charge is 0.481 e. The Labute approximate surface area is 111 Å². The van der Waals surface area contributed by atoms with Crippen LogP contribution in [0.3, 0.4) is 0 Å². The van der Waals surface area contributed by atoms with Gasteiger partial charge < -0.3 is 16.2 Å². The fraction of sp³-hybridized carbons (Fsp3) is 0.462. The number of hydrogen-bond acceptors (Lipinski definition) is 4. The molecule has 19 heavy (non-hydrogen) atoms. The Morgan fingerprint density at radius 3 is 2.74 bits per heavy atom. The third kappa shape index (κ3) is 3.43. The van der Waals surface area contributed by atoms with Gasteiger partial charge in [0.25, 0.3) is 0 Å². The first-order chi connectivity index (χ1) is 9.06. The second-order valence-corrected chi connectivity index (χ2v) is 4.84. The number of rotatable bonds is 4. The monoisotopic (exact) mass is 263 g/mol. The third-order valence-corrected chi connectivity index (χ3v) is 3.42. The van der Waals surface area contributed by atoms with Crippen molar-refractivity contribution in [3.8, 4) is 0 Å². The number of nitrogens with zero attached hydrogens (tertiary/aromatic N) is 1. The molecule has 0 aliphatic heterocycles. The lowest BCUT2D eigenvalue weighted by atomic mass is 9.86. The molecule has 0 aromatic carbocycles. The van der Waals surface area contributed by atoms with Crippen LogP contribution in [0.1, 0.15) is 36.0 Å². The summed E-state index contributed by atoms with van der Waals surface area (Å²) in [6.45, 7) is 0. The van der Waals surface area contributed by atoms with Crippen molar-refractivity contribution in [2.45, 2.75) is 31.7 Å². The Kier molecular flexibility index (Phi) is 3.99. The summed E-state index contributed by atoms with van der Waals surface area (Å²) in [5, 5.41) is 12.2. The highest BCUT2D eigenvalue weighted by Crippen LogP contribution is 2.26. The standard InChI is InChI=1S/C13H17N3O3/c14-12(17)9-4-5-11(15-7-9)16-10-3-1-2-8(6-10)13(18)19/h4-5,7-8,10H,1-3,6H2,(H2,14,17)(H,15,16)(H,18,19). The second kappa shape index (κ2) is 5.69. The fourth-order valence-corrected chi connectivity index (χ4v) is 2.38. The third-order valence-electron chi connectivity index (χ3n) is 3.42. The first-order valence-electron chi connectivity index (χ1n) is 6.31. The molecule has 0 saturated heterocycles. The van der Waals surface area contributed by atoms with Gasteiger partial charge in [0.15, 0.2) is 0 Å². The van der Waals surface area contributed by atoms with E-state index in [9.17, 15) is 9.59 Å². The van der Waals surface area contributed by atoms with E-state index >= 15 is 0 Å². The molecule has 2 rings (SSSR count). The molecule has 1 aliphatic rings. The maximum atomic E-state index is 11.0. The predicted octanol–water partition coefficient (Wildman–Crippen LogP) is 1.24. The van der Waals surface area contributed by atoms with Gasteiger partial charge in [-0.2, -0.15) is 0 Å². The molecule has 1 aromatic heterocycles. The molecule has 102 valence electrons. The quantitative estimate of drug-likeness (QED) is 0.757. The van der Waals surface area contributed by atoms with Gasteiger partial charge in [-0.15, -0.1) is 0 Å². The Hall–Kier alpha value is -2.11. The summed E-state index contributed by atoms with van der Waals surface area (Å²) in [6.07, 6.45) is 4.59.